The van der Waals surface area contributed by atoms with Crippen molar-refractivity contribution in [3.8, 4) is 16.5 Å². The van der Waals surface area contributed by atoms with Gasteiger partial charge in [0.05, 0.1) is 5.69 Å². The Bertz CT molecular complexity index is 644. The SMILES string of the molecule is c1cc(-c2csc(OC3C4CC5CC3CN(C5)C4)n2)ccn1. The molecule has 5 heterocycles. The number of piperidine rings is 3. The Hall–Kier alpha value is -1.46. The first-order valence-corrected chi connectivity index (χ1v) is 8.98. The van der Waals surface area contributed by atoms with Crippen LogP contribution in [0.4, 0.5) is 0 Å². The number of hydrogen-bond acceptors (Lipinski definition) is 5. The minimum Gasteiger partial charge on any atom is -0.466 e. The molecule has 3 aliphatic heterocycles. The quantitative estimate of drug-likeness (QED) is 0.873. The summed E-state index contributed by atoms with van der Waals surface area (Å²) in [5, 5.41) is 2.92. The molecular weight excluding hydrogens is 294 g/mol. The molecule has 4 aliphatic rings. The number of pyridine rings is 1. The molecule has 0 spiro atoms. The first kappa shape index (κ1) is 13.0. The van der Waals surface area contributed by atoms with Crippen molar-refractivity contribution in [2.24, 2.45) is 17.8 Å². The van der Waals surface area contributed by atoms with E-state index >= 15 is 0 Å². The third kappa shape index (κ3) is 2.15. The van der Waals surface area contributed by atoms with Crippen LogP contribution in [0.15, 0.2) is 29.9 Å². The molecule has 0 aromatic carbocycles. The summed E-state index contributed by atoms with van der Waals surface area (Å²) in [6.45, 7) is 3.77. The summed E-state index contributed by atoms with van der Waals surface area (Å²) in [6, 6.07) is 3.99. The van der Waals surface area contributed by atoms with Gasteiger partial charge in [-0.2, -0.15) is 0 Å². The Morgan fingerprint density at radius 3 is 2.59 bits per heavy atom. The van der Waals surface area contributed by atoms with Gasteiger partial charge < -0.3 is 9.64 Å². The molecule has 4 fully saturated rings. The van der Waals surface area contributed by atoms with Crippen molar-refractivity contribution >= 4 is 11.3 Å². The second-order valence-corrected chi connectivity index (χ2v) is 7.71. The molecule has 2 unspecified atom stereocenters. The van der Waals surface area contributed by atoms with E-state index in [1.54, 1.807) is 11.3 Å². The molecule has 1 saturated carbocycles. The number of rotatable bonds is 3. The molecule has 1 aliphatic carbocycles. The van der Waals surface area contributed by atoms with Crippen molar-refractivity contribution in [2.45, 2.75) is 18.9 Å². The van der Waals surface area contributed by atoms with Gasteiger partial charge in [-0.3, -0.25) is 4.98 Å². The largest absolute Gasteiger partial charge is 0.466 e. The molecule has 6 rings (SSSR count). The van der Waals surface area contributed by atoms with E-state index in [-0.39, 0.29) is 0 Å². The number of hydrogen-bond donors (Lipinski definition) is 0. The zero-order chi connectivity index (χ0) is 14.5. The third-order valence-corrected chi connectivity index (χ3v) is 6.13. The van der Waals surface area contributed by atoms with Gasteiger partial charge in [-0.05, 0) is 30.9 Å². The van der Waals surface area contributed by atoms with Crippen molar-refractivity contribution in [1.82, 2.24) is 14.9 Å². The van der Waals surface area contributed by atoms with Gasteiger partial charge in [-0.15, -0.1) is 0 Å². The fourth-order valence-electron chi connectivity index (χ4n) is 4.64. The Kier molecular flexibility index (Phi) is 2.98. The van der Waals surface area contributed by atoms with E-state index in [0.717, 1.165) is 22.4 Å². The molecule has 0 radical (unpaired) electrons. The lowest BCUT2D eigenvalue weighted by Gasteiger charge is -2.55. The van der Waals surface area contributed by atoms with Crippen LogP contribution in [-0.4, -0.2) is 40.6 Å². The zero-order valence-electron chi connectivity index (χ0n) is 12.4. The lowest BCUT2D eigenvalue weighted by Crippen LogP contribution is -2.61. The molecule has 2 atom stereocenters. The highest BCUT2D eigenvalue weighted by molar-refractivity contribution is 7.11. The van der Waals surface area contributed by atoms with Crippen LogP contribution in [0.5, 0.6) is 5.19 Å². The molecule has 4 bridgehead atoms. The van der Waals surface area contributed by atoms with Gasteiger partial charge in [0, 0.05) is 54.8 Å². The summed E-state index contributed by atoms with van der Waals surface area (Å²) in [7, 11) is 0. The average molecular weight is 313 g/mol. The summed E-state index contributed by atoms with van der Waals surface area (Å²) in [5.74, 6) is 2.33. The first-order chi connectivity index (χ1) is 10.8. The molecule has 3 saturated heterocycles. The predicted octanol–water partition coefficient (Wildman–Crippen LogP) is 2.92. The molecule has 5 heteroatoms. The molecule has 2 aromatic heterocycles. The Labute approximate surface area is 134 Å². The monoisotopic (exact) mass is 313 g/mol. The summed E-state index contributed by atoms with van der Waals surface area (Å²) in [5.41, 5.74) is 2.10. The lowest BCUT2D eigenvalue weighted by molar-refractivity contribution is -0.0984. The summed E-state index contributed by atoms with van der Waals surface area (Å²) < 4.78 is 6.36. The highest BCUT2D eigenvalue weighted by atomic mass is 32.1. The van der Waals surface area contributed by atoms with Crippen LogP contribution in [0.3, 0.4) is 0 Å². The van der Waals surface area contributed by atoms with Gasteiger partial charge in [0.1, 0.15) is 6.10 Å². The predicted molar refractivity (Wildman–Crippen MR) is 85.9 cm³/mol. The van der Waals surface area contributed by atoms with Crippen LogP contribution in [0.2, 0.25) is 0 Å². The molecule has 22 heavy (non-hydrogen) atoms. The summed E-state index contributed by atoms with van der Waals surface area (Å²) in [4.78, 5) is 11.4. The number of nitrogens with zero attached hydrogens (tertiary/aromatic N) is 3. The highest BCUT2D eigenvalue weighted by Gasteiger charge is 2.48. The average Bonchev–Trinajstić information content (AvgIpc) is 3.00. The van der Waals surface area contributed by atoms with Gasteiger partial charge in [0.15, 0.2) is 0 Å². The van der Waals surface area contributed by atoms with Gasteiger partial charge >= 0.3 is 0 Å². The van der Waals surface area contributed by atoms with Crippen molar-refractivity contribution in [2.75, 3.05) is 19.6 Å². The van der Waals surface area contributed by atoms with Gasteiger partial charge in [0.2, 0.25) is 0 Å². The fourth-order valence-corrected chi connectivity index (χ4v) is 5.36. The van der Waals surface area contributed by atoms with E-state index in [1.165, 1.54) is 32.5 Å². The van der Waals surface area contributed by atoms with Crippen LogP contribution in [0.1, 0.15) is 12.8 Å². The first-order valence-electron chi connectivity index (χ1n) is 8.10. The number of ether oxygens (including phenoxy) is 1. The normalized spacial score (nSPS) is 35.7. The topological polar surface area (TPSA) is 38.2 Å². The van der Waals surface area contributed by atoms with Crippen molar-refractivity contribution in [3.63, 3.8) is 0 Å². The Balaban J connectivity index is 1.35. The second kappa shape index (κ2) is 5.03. The maximum atomic E-state index is 6.36. The van der Waals surface area contributed by atoms with E-state index in [1.807, 2.05) is 24.5 Å². The maximum absolute atomic E-state index is 6.36. The van der Waals surface area contributed by atoms with E-state index in [0.29, 0.717) is 17.9 Å². The lowest BCUT2D eigenvalue weighted by atomic mass is 9.66. The maximum Gasteiger partial charge on any atom is 0.274 e. The third-order valence-electron chi connectivity index (χ3n) is 5.40. The number of aromatic nitrogens is 2. The minimum atomic E-state index is 0.379. The van der Waals surface area contributed by atoms with E-state index in [9.17, 15) is 0 Å². The van der Waals surface area contributed by atoms with Gasteiger partial charge in [-0.25, -0.2) is 4.98 Å². The highest BCUT2D eigenvalue weighted by Crippen LogP contribution is 2.45. The summed E-state index contributed by atoms with van der Waals surface area (Å²) >= 11 is 1.62. The van der Waals surface area contributed by atoms with E-state index in [4.69, 9.17) is 4.74 Å². The van der Waals surface area contributed by atoms with Gasteiger partial charge in [-0.1, -0.05) is 11.3 Å². The van der Waals surface area contributed by atoms with Crippen molar-refractivity contribution in [3.05, 3.63) is 29.9 Å². The van der Waals surface area contributed by atoms with E-state index in [2.05, 4.69) is 20.2 Å². The van der Waals surface area contributed by atoms with Crippen molar-refractivity contribution in [1.29, 1.82) is 0 Å². The molecule has 4 nitrogen and oxygen atoms in total. The van der Waals surface area contributed by atoms with Crippen LogP contribution >= 0.6 is 11.3 Å². The molecule has 0 N–H and O–H groups in total. The smallest absolute Gasteiger partial charge is 0.274 e. The Morgan fingerprint density at radius 1 is 1.09 bits per heavy atom. The van der Waals surface area contributed by atoms with Crippen LogP contribution in [0, 0.1) is 17.8 Å². The zero-order valence-corrected chi connectivity index (χ0v) is 13.2. The number of thiazole rings is 1. The van der Waals surface area contributed by atoms with Crippen LogP contribution in [-0.2, 0) is 0 Å². The fraction of sp³-hybridized carbons (Fsp3) is 0.529. The van der Waals surface area contributed by atoms with Crippen LogP contribution in [0.25, 0.3) is 11.3 Å². The minimum absolute atomic E-state index is 0.379. The Morgan fingerprint density at radius 2 is 1.86 bits per heavy atom. The molecule has 2 aromatic rings. The standard InChI is InChI=1S/C17H19N3OS/c1-3-18-4-2-12(1)15-10-22-17(19-15)21-16-13-5-11-6-14(16)9-20(7-11)8-13/h1-4,10-11,13-14,16H,5-9H2. The second-order valence-electron chi connectivity index (χ2n) is 6.89. The molecule has 114 valence electrons. The molecule has 0 amide bonds. The molecular formula is C17H19N3OS. The van der Waals surface area contributed by atoms with E-state index < -0.39 is 0 Å². The van der Waals surface area contributed by atoms with Crippen molar-refractivity contribution < 1.29 is 4.74 Å². The summed E-state index contributed by atoms with van der Waals surface area (Å²) in [6.07, 6.45) is 6.69. The van der Waals surface area contributed by atoms with Gasteiger partial charge in [0.25, 0.3) is 5.19 Å². The van der Waals surface area contributed by atoms with Crippen LogP contribution < -0.4 is 4.74 Å².